The van der Waals surface area contributed by atoms with Crippen LogP contribution in [0.15, 0.2) is 0 Å². The first-order valence-corrected chi connectivity index (χ1v) is 4.43. The van der Waals surface area contributed by atoms with E-state index in [1.54, 1.807) is 6.92 Å². The van der Waals surface area contributed by atoms with Gasteiger partial charge in [0, 0.05) is 0 Å². The van der Waals surface area contributed by atoms with Crippen molar-refractivity contribution in [3.05, 3.63) is 10.4 Å². The summed E-state index contributed by atoms with van der Waals surface area (Å²) >= 11 is 0. The Balaban J connectivity index is 3.59. The van der Waals surface area contributed by atoms with Crippen molar-refractivity contribution in [1.82, 2.24) is 0 Å². The van der Waals surface area contributed by atoms with Crippen molar-refractivity contribution >= 4 is 0 Å². The third-order valence-electron chi connectivity index (χ3n) is 1.51. The van der Waals surface area contributed by atoms with Crippen molar-refractivity contribution in [3.63, 3.8) is 0 Å². The fourth-order valence-electron chi connectivity index (χ4n) is 0.758. The van der Waals surface area contributed by atoms with E-state index in [1.165, 1.54) is 7.05 Å². The molecule has 2 N–H and O–H groups in total. The number of hydrogen-bond donors (Lipinski definition) is 2. The van der Waals surface area contributed by atoms with Gasteiger partial charge < -0.3 is 10.4 Å². The van der Waals surface area contributed by atoms with E-state index in [4.69, 9.17) is 9.68 Å². The Labute approximate surface area is 78.1 Å². The van der Waals surface area contributed by atoms with Crippen LogP contribution in [-0.2, 0) is 9.68 Å². The highest BCUT2D eigenvalue weighted by Crippen LogP contribution is 1.92. The van der Waals surface area contributed by atoms with Crippen LogP contribution in [0.4, 0.5) is 0 Å². The third-order valence-corrected chi connectivity index (χ3v) is 1.51. The van der Waals surface area contributed by atoms with E-state index in [9.17, 15) is 10.4 Å². The normalized spacial score (nSPS) is 18.2. The fourth-order valence-corrected chi connectivity index (χ4v) is 0.758. The predicted molar refractivity (Wildman–Crippen MR) is 46.2 cm³/mol. The summed E-state index contributed by atoms with van der Waals surface area (Å²) in [6.07, 6.45) is 0.337. The lowest BCUT2D eigenvalue weighted by atomic mass is 10.3. The highest BCUT2D eigenvalue weighted by Gasteiger charge is 2.12. The molecule has 6 heteroatoms. The Morgan fingerprint density at radius 1 is 1.31 bits per heavy atom. The van der Waals surface area contributed by atoms with E-state index in [-0.39, 0.29) is 23.2 Å². The molecule has 0 saturated carbocycles. The molecule has 0 saturated heterocycles. The minimum absolute atomic E-state index is 0.156. The lowest BCUT2D eigenvalue weighted by Gasteiger charge is -2.23. The SMILES string of the molecule is CCC(CO[NH+]([O-])CC)O[NH+](C)[O-]. The predicted octanol–water partition coefficient (Wildman–Crippen LogP) is -1.96. The molecule has 0 spiro atoms. The molecule has 0 radical (unpaired) electrons. The van der Waals surface area contributed by atoms with E-state index in [1.807, 2.05) is 6.92 Å². The third kappa shape index (κ3) is 6.88. The minimum atomic E-state index is -0.348. The maximum Gasteiger partial charge on any atom is 0.146 e. The summed E-state index contributed by atoms with van der Waals surface area (Å²) in [5.74, 6) is 0. The summed E-state index contributed by atoms with van der Waals surface area (Å²) in [7, 11) is 1.34. The van der Waals surface area contributed by atoms with Crippen LogP contribution in [0.25, 0.3) is 0 Å². The van der Waals surface area contributed by atoms with Gasteiger partial charge in [0.1, 0.15) is 19.3 Å². The maximum atomic E-state index is 10.8. The largest absolute Gasteiger partial charge is 0.600 e. The number of hydrogen-bond acceptors (Lipinski definition) is 4. The van der Waals surface area contributed by atoms with Crippen LogP contribution < -0.4 is 10.5 Å². The minimum Gasteiger partial charge on any atom is -0.600 e. The standard InChI is InChI=1S/C7H18N2O4/c1-4-7(13-8(3)10)6-12-9(11)5-2/h7-9H,4-6H2,1-3H3. The quantitative estimate of drug-likeness (QED) is 0.462. The Morgan fingerprint density at radius 2 is 1.92 bits per heavy atom. The van der Waals surface area contributed by atoms with E-state index in [0.717, 1.165) is 0 Å². The number of quaternary nitrogens is 2. The zero-order chi connectivity index (χ0) is 10.3. The first-order chi connectivity index (χ1) is 6.10. The van der Waals surface area contributed by atoms with Gasteiger partial charge in [0.15, 0.2) is 0 Å². The van der Waals surface area contributed by atoms with Gasteiger partial charge in [-0.3, -0.25) is 0 Å². The molecule has 6 nitrogen and oxygen atoms in total. The smallest absolute Gasteiger partial charge is 0.146 e. The maximum absolute atomic E-state index is 10.8. The first-order valence-electron chi connectivity index (χ1n) is 4.43. The van der Waals surface area contributed by atoms with Gasteiger partial charge in [-0.05, 0) is 13.3 Å². The Hall–Kier alpha value is -0.240. The molecule has 13 heavy (non-hydrogen) atoms. The van der Waals surface area contributed by atoms with Crippen LogP contribution in [0.5, 0.6) is 0 Å². The molecule has 0 aliphatic heterocycles. The fraction of sp³-hybridized carbons (Fsp3) is 1.00. The van der Waals surface area contributed by atoms with Gasteiger partial charge in [0.05, 0.1) is 7.05 Å². The molecule has 3 unspecified atom stereocenters. The van der Waals surface area contributed by atoms with Crippen molar-refractivity contribution in [2.75, 3.05) is 20.2 Å². The van der Waals surface area contributed by atoms with Gasteiger partial charge in [0.2, 0.25) is 0 Å². The number of nitrogens with one attached hydrogen (secondary N) is 2. The van der Waals surface area contributed by atoms with Crippen LogP contribution in [-0.4, -0.2) is 26.3 Å². The summed E-state index contributed by atoms with van der Waals surface area (Å²) in [5.41, 5.74) is 0. The summed E-state index contributed by atoms with van der Waals surface area (Å²) in [6.45, 7) is 4.09. The molecular formula is C7H18N2O4. The average molecular weight is 194 g/mol. The van der Waals surface area contributed by atoms with Crippen molar-refractivity contribution in [2.24, 2.45) is 0 Å². The molecule has 0 fully saturated rings. The van der Waals surface area contributed by atoms with E-state index >= 15 is 0 Å². The van der Waals surface area contributed by atoms with E-state index in [2.05, 4.69) is 0 Å². The summed E-state index contributed by atoms with van der Waals surface area (Å²) in [6, 6.07) is 0. The number of rotatable bonds is 7. The Morgan fingerprint density at radius 3 is 2.31 bits per heavy atom. The van der Waals surface area contributed by atoms with Crippen LogP contribution >= 0.6 is 0 Å². The molecule has 3 atom stereocenters. The Kier molecular flexibility index (Phi) is 7.06. The van der Waals surface area contributed by atoms with Crippen molar-refractivity contribution in [3.8, 4) is 0 Å². The molecule has 0 amide bonds. The van der Waals surface area contributed by atoms with Crippen molar-refractivity contribution < 1.29 is 20.1 Å². The zero-order valence-electron chi connectivity index (χ0n) is 8.33. The number of hydroxylamine groups is 4. The van der Waals surface area contributed by atoms with Crippen molar-refractivity contribution in [2.45, 2.75) is 26.4 Å². The molecular weight excluding hydrogens is 176 g/mol. The van der Waals surface area contributed by atoms with E-state index < -0.39 is 0 Å². The van der Waals surface area contributed by atoms with Gasteiger partial charge in [0.25, 0.3) is 0 Å². The molecule has 0 heterocycles. The zero-order valence-corrected chi connectivity index (χ0v) is 8.33. The van der Waals surface area contributed by atoms with Gasteiger partial charge in [-0.2, -0.15) is 4.84 Å². The summed E-state index contributed by atoms with van der Waals surface area (Å²) in [5, 5.41) is 20.7. The summed E-state index contributed by atoms with van der Waals surface area (Å²) in [4.78, 5) is 9.71. The monoisotopic (exact) mass is 194 g/mol. The average Bonchev–Trinajstić information content (AvgIpc) is 2.10. The molecule has 80 valence electrons. The van der Waals surface area contributed by atoms with Crippen LogP contribution in [0.1, 0.15) is 20.3 Å². The van der Waals surface area contributed by atoms with Gasteiger partial charge in [-0.15, -0.1) is 0 Å². The summed E-state index contributed by atoms with van der Waals surface area (Å²) < 4.78 is 0. The van der Waals surface area contributed by atoms with Crippen LogP contribution in [0.2, 0.25) is 0 Å². The molecule has 0 aromatic rings. The van der Waals surface area contributed by atoms with Crippen LogP contribution in [0, 0.1) is 10.4 Å². The highest BCUT2D eigenvalue weighted by atomic mass is 16.9. The van der Waals surface area contributed by atoms with Crippen LogP contribution in [0.3, 0.4) is 0 Å². The van der Waals surface area contributed by atoms with Gasteiger partial charge >= 0.3 is 0 Å². The first kappa shape index (κ1) is 12.8. The van der Waals surface area contributed by atoms with E-state index in [0.29, 0.717) is 13.0 Å². The topological polar surface area (TPSA) is 73.5 Å². The van der Waals surface area contributed by atoms with Gasteiger partial charge in [-0.1, -0.05) is 6.92 Å². The second-order valence-electron chi connectivity index (χ2n) is 2.68. The molecule has 0 aliphatic carbocycles. The highest BCUT2D eigenvalue weighted by molar-refractivity contribution is 4.47. The molecule has 0 rings (SSSR count). The lowest BCUT2D eigenvalue weighted by molar-refractivity contribution is -1.06. The molecule has 0 aliphatic rings. The Bertz CT molecular complexity index is 123. The van der Waals surface area contributed by atoms with Crippen molar-refractivity contribution in [1.29, 1.82) is 0 Å². The molecule has 0 aromatic carbocycles. The lowest BCUT2D eigenvalue weighted by Crippen LogP contribution is -3.06. The molecule has 0 aromatic heterocycles. The second-order valence-corrected chi connectivity index (χ2v) is 2.68. The van der Waals surface area contributed by atoms with Gasteiger partial charge in [-0.25, -0.2) is 15.3 Å². The molecule has 0 bridgehead atoms. The second kappa shape index (κ2) is 7.19.